The number of hydrogen-bond acceptors (Lipinski definition) is 13. The number of phenolic OH excluding ortho intramolecular Hbond substituents is 1. The van der Waals surface area contributed by atoms with Gasteiger partial charge in [0.05, 0.1) is 29.9 Å². The summed E-state index contributed by atoms with van der Waals surface area (Å²) in [6.45, 7) is -0.0676. The predicted octanol–water partition coefficient (Wildman–Crippen LogP) is 1.14. The molecule has 0 spiro atoms. The number of carbonyl (C=O) groups excluding carboxylic acids is 3. The zero-order valence-corrected chi connectivity index (χ0v) is 23.7. The highest BCUT2D eigenvalue weighted by Crippen LogP contribution is 2.54. The van der Waals surface area contributed by atoms with E-state index in [4.69, 9.17) is 10.2 Å². The zero-order chi connectivity index (χ0) is 31.7. The molecule has 4 unspecified atom stereocenters. The third kappa shape index (κ3) is 4.30. The number of primary amides is 1. The fourth-order valence-corrected chi connectivity index (χ4v) is 6.57. The molecule has 15 nitrogen and oxygen atoms in total. The van der Waals surface area contributed by atoms with Gasteiger partial charge in [0.25, 0.3) is 5.91 Å². The number of aliphatic hydroxyl groups excluding tert-OH is 2. The van der Waals surface area contributed by atoms with Crippen LogP contribution in [-0.4, -0.2) is 87.6 Å². The highest BCUT2D eigenvalue weighted by atomic mass is 16.6. The number of aliphatic hydroxyl groups is 3. The van der Waals surface area contributed by atoms with Crippen LogP contribution in [0.5, 0.6) is 5.75 Å². The number of fused-ring (bicyclic) bond motifs is 3. The highest BCUT2D eigenvalue weighted by Gasteiger charge is 2.64. The molecule has 3 aliphatic rings. The van der Waals surface area contributed by atoms with Crippen LogP contribution in [0.25, 0.3) is 5.76 Å². The molecule has 15 heteroatoms. The Morgan fingerprint density at radius 3 is 2.44 bits per heavy atom. The molecule has 5 rings (SSSR count). The number of nitrogens with zero attached hydrogens (tertiary/aromatic N) is 3. The molecular weight excluding hydrogens is 566 g/mol. The Kier molecular flexibility index (Phi) is 6.97. The largest absolute Gasteiger partial charge is 0.508 e. The summed E-state index contributed by atoms with van der Waals surface area (Å²) in [7, 11) is 6.54. The molecule has 7 N–H and O–H groups in total. The number of carbonyl (C=O) groups is 3. The molecule has 0 aliphatic heterocycles. The summed E-state index contributed by atoms with van der Waals surface area (Å²) in [5.41, 5.74) is 2.55. The van der Waals surface area contributed by atoms with E-state index in [0.717, 1.165) is 0 Å². The summed E-state index contributed by atoms with van der Waals surface area (Å²) in [6.07, 6.45) is 0.0942. The van der Waals surface area contributed by atoms with Gasteiger partial charge in [0.2, 0.25) is 5.78 Å². The van der Waals surface area contributed by atoms with E-state index in [1.165, 1.54) is 31.1 Å². The van der Waals surface area contributed by atoms with Crippen LogP contribution in [-0.2, 0) is 27.3 Å². The van der Waals surface area contributed by atoms with Crippen LogP contribution < -0.4 is 16.0 Å². The summed E-state index contributed by atoms with van der Waals surface area (Å²) in [5, 5.41) is 59.5. The van der Waals surface area contributed by atoms with E-state index in [0.29, 0.717) is 11.3 Å². The number of ketones is 2. The van der Waals surface area contributed by atoms with E-state index in [2.05, 4.69) is 5.32 Å². The number of nitrogens with two attached hydrogens (primary N) is 1. The molecule has 1 amide bonds. The van der Waals surface area contributed by atoms with Crippen LogP contribution in [0.2, 0.25) is 0 Å². The average Bonchev–Trinajstić information content (AvgIpc) is 3.39. The van der Waals surface area contributed by atoms with Gasteiger partial charge in [-0.05, 0) is 50.6 Å². The van der Waals surface area contributed by atoms with Gasteiger partial charge in [0.1, 0.15) is 33.5 Å². The SMILES string of the molecule is CN(C)c1cc(NCc2ccc([N+](=O)[O-])o2)c(O)c2c1CC1CC3C(N(C)C)C(=O)C(C(N)=O)=C(O)C3(O)C(=O)C1=C2O. The van der Waals surface area contributed by atoms with Gasteiger partial charge in [0, 0.05) is 31.3 Å². The van der Waals surface area contributed by atoms with Gasteiger partial charge in [-0.3, -0.25) is 29.4 Å². The summed E-state index contributed by atoms with van der Waals surface area (Å²) < 4.78 is 5.16. The number of nitrogens with one attached hydrogen (secondary N) is 1. The first kappa shape index (κ1) is 29.6. The van der Waals surface area contributed by atoms with Gasteiger partial charge in [-0.2, -0.15) is 0 Å². The Morgan fingerprint density at radius 1 is 1.21 bits per heavy atom. The Hall–Kier alpha value is -4.89. The molecule has 0 saturated heterocycles. The third-order valence-electron chi connectivity index (χ3n) is 8.46. The molecular formula is C28H31N5O10. The van der Waals surface area contributed by atoms with Gasteiger partial charge in [-0.1, -0.05) is 0 Å². The maximum atomic E-state index is 14.1. The van der Waals surface area contributed by atoms with Crippen molar-refractivity contribution in [1.82, 2.24) is 4.90 Å². The van der Waals surface area contributed by atoms with Crippen LogP contribution in [0.15, 0.2) is 39.5 Å². The van der Waals surface area contributed by atoms with Crippen molar-refractivity contribution >= 4 is 40.5 Å². The molecule has 0 bridgehead atoms. The van der Waals surface area contributed by atoms with Gasteiger partial charge in [0.15, 0.2) is 11.4 Å². The Balaban J connectivity index is 1.64. The zero-order valence-electron chi connectivity index (χ0n) is 23.7. The normalized spacial score (nSPS) is 24.9. The van der Waals surface area contributed by atoms with Gasteiger partial charge >= 0.3 is 5.88 Å². The van der Waals surface area contributed by atoms with E-state index >= 15 is 0 Å². The van der Waals surface area contributed by atoms with Crippen molar-refractivity contribution < 1.29 is 44.2 Å². The number of rotatable bonds is 7. The molecule has 1 aromatic heterocycles. The maximum Gasteiger partial charge on any atom is 0.433 e. The van der Waals surface area contributed by atoms with Crippen LogP contribution in [0, 0.1) is 22.0 Å². The highest BCUT2D eigenvalue weighted by molar-refractivity contribution is 6.24. The first-order chi connectivity index (χ1) is 20.1. The first-order valence-electron chi connectivity index (χ1n) is 13.3. The lowest BCUT2D eigenvalue weighted by Gasteiger charge is -2.50. The van der Waals surface area contributed by atoms with Crippen molar-refractivity contribution in [2.45, 2.75) is 31.0 Å². The topological polar surface area (TPSA) is 233 Å². The van der Waals surface area contributed by atoms with Crippen molar-refractivity contribution in [1.29, 1.82) is 0 Å². The summed E-state index contributed by atoms with van der Waals surface area (Å²) in [6, 6.07) is 3.02. The Morgan fingerprint density at radius 2 is 1.88 bits per heavy atom. The van der Waals surface area contributed by atoms with Crippen molar-refractivity contribution in [2.75, 3.05) is 38.4 Å². The second-order valence-electron chi connectivity index (χ2n) is 11.4. The molecule has 1 fully saturated rings. The van der Waals surface area contributed by atoms with E-state index in [9.17, 15) is 44.9 Å². The molecule has 1 aromatic carbocycles. The van der Waals surface area contributed by atoms with Crippen molar-refractivity contribution in [2.24, 2.45) is 17.6 Å². The monoisotopic (exact) mass is 597 g/mol. The van der Waals surface area contributed by atoms with Crippen molar-refractivity contribution in [3.8, 4) is 5.75 Å². The molecule has 4 atom stereocenters. The number of nitro groups is 1. The second kappa shape index (κ2) is 10.1. The number of anilines is 2. The van der Waals surface area contributed by atoms with Crippen molar-refractivity contribution in [3.05, 3.63) is 62.1 Å². The Labute approximate surface area is 244 Å². The number of hydrogen-bond donors (Lipinski definition) is 6. The standard InChI is InChI=1S/C28H31N5O10/c1-31(2)16-9-15(30-10-12-5-6-17(43-12)33(41)42)22(34)19-13(16)7-11-8-14-21(32(3)4)24(36)20(27(29)39)26(38)28(14,40)25(37)18(11)23(19)35/h5-6,9,11,14,21,30,34-35,38,40H,7-8,10H2,1-4H3,(H2,29,39). The van der Waals surface area contributed by atoms with Crippen molar-refractivity contribution in [3.63, 3.8) is 0 Å². The maximum absolute atomic E-state index is 14.1. The minimum absolute atomic E-state index is 0.0311. The number of likely N-dealkylation sites (N-methyl/N-ethyl adjacent to an activating group) is 1. The molecule has 43 heavy (non-hydrogen) atoms. The van der Waals surface area contributed by atoms with E-state index in [-0.39, 0.29) is 42.0 Å². The van der Waals surface area contributed by atoms with E-state index < -0.39 is 74.6 Å². The van der Waals surface area contributed by atoms with Crippen LogP contribution in [0.1, 0.15) is 23.3 Å². The lowest BCUT2D eigenvalue weighted by molar-refractivity contribution is -0.402. The van der Waals surface area contributed by atoms with Gasteiger partial charge < -0.3 is 40.8 Å². The number of furan rings is 1. The number of Topliss-reactive ketones (excluding diaryl/α,β-unsaturated/α-hetero) is 2. The smallest absolute Gasteiger partial charge is 0.433 e. The molecule has 2 aromatic rings. The fourth-order valence-electron chi connectivity index (χ4n) is 6.57. The number of phenols is 1. The fraction of sp³-hybridized carbons (Fsp3) is 0.393. The number of amides is 1. The third-order valence-corrected chi connectivity index (χ3v) is 8.46. The average molecular weight is 598 g/mol. The Bertz CT molecular complexity index is 1650. The lowest BCUT2D eigenvalue weighted by Crippen LogP contribution is -2.65. The molecule has 228 valence electrons. The summed E-state index contributed by atoms with van der Waals surface area (Å²) in [5.74, 6) is -7.64. The lowest BCUT2D eigenvalue weighted by atomic mass is 9.57. The first-order valence-corrected chi connectivity index (χ1v) is 13.3. The molecule has 1 saturated carbocycles. The second-order valence-corrected chi connectivity index (χ2v) is 11.4. The number of benzene rings is 1. The minimum Gasteiger partial charge on any atom is -0.508 e. The molecule has 0 radical (unpaired) electrons. The van der Waals surface area contributed by atoms with E-state index in [1.54, 1.807) is 25.1 Å². The quantitative estimate of drug-likeness (QED) is 0.114. The van der Waals surface area contributed by atoms with E-state index in [1.807, 2.05) is 0 Å². The summed E-state index contributed by atoms with van der Waals surface area (Å²) in [4.78, 5) is 52.9. The van der Waals surface area contributed by atoms with Crippen LogP contribution in [0.3, 0.4) is 0 Å². The van der Waals surface area contributed by atoms with Gasteiger partial charge in [-0.25, -0.2) is 0 Å². The number of aromatic hydroxyl groups is 1. The summed E-state index contributed by atoms with van der Waals surface area (Å²) >= 11 is 0. The van der Waals surface area contributed by atoms with Crippen LogP contribution >= 0.6 is 0 Å². The van der Waals surface area contributed by atoms with Crippen LogP contribution in [0.4, 0.5) is 17.3 Å². The minimum atomic E-state index is -2.74. The molecule has 3 aliphatic carbocycles. The predicted molar refractivity (Wildman–Crippen MR) is 151 cm³/mol. The van der Waals surface area contributed by atoms with Gasteiger partial charge in [-0.15, -0.1) is 0 Å². The molecule has 1 heterocycles.